The van der Waals surface area contributed by atoms with Crippen LogP contribution >= 0.6 is 34.2 Å². The van der Waals surface area contributed by atoms with Gasteiger partial charge < -0.3 is 0 Å². The van der Waals surface area contributed by atoms with Crippen molar-refractivity contribution in [2.75, 3.05) is 0 Å². The third-order valence-electron chi connectivity index (χ3n) is 2.49. The predicted octanol–water partition coefficient (Wildman–Crippen LogP) is 5.00. The van der Waals surface area contributed by atoms with Gasteiger partial charge in [0.2, 0.25) is 0 Å². The maximum absolute atomic E-state index is 6.05. The Morgan fingerprint density at radius 3 is 2.65 bits per heavy atom. The van der Waals surface area contributed by atoms with Crippen LogP contribution in [0.25, 0.3) is 0 Å². The summed E-state index contributed by atoms with van der Waals surface area (Å²) in [6, 6.07) is 13.9. The fourth-order valence-electron chi connectivity index (χ4n) is 1.45. The lowest BCUT2D eigenvalue weighted by Crippen LogP contribution is -1.85. The minimum atomic E-state index is 0.752. The fourth-order valence-corrected chi connectivity index (χ4v) is 2.15. The molecule has 2 rings (SSSR count). The van der Waals surface area contributed by atoms with Crippen molar-refractivity contribution < 1.29 is 0 Å². The quantitative estimate of drug-likeness (QED) is 0.531. The van der Waals surface area contributed by atoms with Crippen LogP contribution in [0.1, 0.15) is 11.1 Å². The van der Waals surface area contributed by atoms with Gasteiger partial charge in [0, 0.05) is 20.4 Å². The van der Waals surface area contributed by atoms with Crippen molar-refractivity contribution in [2.24, 2.45) is 4.99 Å². The second-order valence-corrected chi connectivity index (χ2v) is 5.23. The average Bonchev–Trinajstić information content (AvgIpc) is 2.33. The predicted molar refractivity (Wildman–Crippen MR) is 82.6 cm³/mol. The Morgan fingerprint density at radius 2 is 1.88 bits per heavy atom. The molecule has 2 aromatic rings. The van der Waals surface area contributed by atoms with E-state index in [1.165, 1.54) is 3.57 Å². The number of benzene rings is 2. The van der Waals surface area contributed by atoms with Crippen molar-refractivity contribution in [1.29, 1.82) is 0 Å². The number of aliphatic imine (C=N–C) groups is 1. The number of nitrogens with zero attached hydrogens (tertiary/aromatic N) is 1. The molecule has 0 atom stereocenters. The van der Waals surface area contributed by atoms with Gasteiger partial charge in [-0.05, 0) is 53.3 Å². The Hall–Kier alpha value is -0.870. The van der Waals surface area contributed by atoms with E-state index in [0.717, 1.165) is 21.8 Å². The first-order chi connectivity index (χ1) is 8.18. The molecular weight excluding hydrogens is 345 g/mol. The van der Waals surface area contributed by atoms with E-state index < -0.39 is 0 Å². The van der Waals surface area contributed by atoms with E-state index in [-0.39, 0.29) is 0 Å². The lowest BCUT2D eigenvalue weighted by Gasteiger charge is -2.02. The highest BCUT2D eigenvalue weighted by atomic mass is 127. The molecule has 2 aromatic carbocycles. The van der Waals surface area contributed by atoms with Gasteiger partial charge in [-0.1, -0.05) is 35.9 Å². The van der Waals surface area contributed by atoms with Gasteiger partial charge in [0.15, 0.2) is 0 Å². The number of hydrogen-bond acceptors (Lipinski definition) is 1. The SMILES string of the molecule is Cc1c(Cl)cccc1N=Cc1ccccc1I. The molecular formula is C14H11ClIN. The molecule has 0 radical (unpaired) electrons. The van der Waals surface area contributed by atoms with E-state index in [1.54, 1.807) is 0 Å². The van der Waals surface area contributed by atoms with E-state index in [9.17, 15) is 0 Å². The zero-order valence-corrected chi connectivity index (χ0v) is 12.2. The molecule has 0 heterocycles. The molecule has 0 bridgehead atoms. The van der Waals surface area contributed by atoms with Crippen LogP contribution in [0.2, 0.25) is 5.02 Å². The number of hydrogen-bond donors (Lipinski definition) is 0. The minimum Gasteiger partial charge on any atom is -0.256 e. The van der Waals surface area contributed by atoms with Crippen molar-refractivity contribution in [3.63, 3.8) is 0 Å². The Morgan fingerprint density at radius 1 is 1.12 bits per heavy atom. The maximum Gasteiger partial charge on any atom is 0.0673 e. The average molecular weight is 356 g/mol. The van der Waals surface area contributed by atoms with E-state index in [4.69, 9.17) is 11.6 Å². The summed E-state index contributed by atoms with van der Waals surface area (Å²) in [5.41, 5.74) is 3.04. The highest BCUT2D eigenvalue weighted by Crippen LogP contribution is 2.25. The van der Waals surface area contributed by atoms with E-state index in [1.807, 2.05) is 49.5 Å². The van der Waals surface area contributed by atoms with Gasteiger partial charge in [0.25, 0.3) is 0 Å². The summed E-state index contributed by atoms with van der Waals surface area (Å²) in [5.74, 6) is 0. The van der Waals surface area contributed by atoms with E-state index in [2.05, 4.69) is 33.6 Å². The van der Waals surface area contributed by atoms with Crippen molar-refractivity contribution in [2.45, 2.75) is 6.92 Å². The molecule has 0 unspecified atom stereocenters. The summed E-state index contributed by atoms with van der Waals surface area (Å²) in [6.07, 6.45) is 1.88. The van der Waals surface area contributed by atoms with Crippen molar-refractivity contribution in [3.05, 3.63) is 62.2 Å². The van der Waals surface area contributed by atoms with Crippen LogP contribution in [0.3, 0.4) is 0 Å². The van der Waals surface area contributed by atoms with E-state index >= 15 is 0 Å². The molecule has 3 heteroatoms. The Labute approximate surface area is 120 Å². The van der Waals surface area contributed by atoms with Crippen LogP contribution in [0.5, 0.6) is 0 Å². The molecule has 0 aliphatic carbocycles. The first kappa shape index (κ1) is 12.6. The van der Waals surface area contributed by atoms with Crippen LogP contribution in [-0.4, -0.2) is 6.21 Å². The summed E-state index contributed by atoms with van der Waals surface area (Å²) in [5, 5.41) is 0.752. The molecule has 0 aliphatic heterocycles. The standard InChI is InChI=1S/C14H11ClIN/c1-10-12(15)6-4-8-14(10)17-9-11-5-2-3-7-13(11)16/h2-9H,1H3. The zero-order chi connectivity index (χ0) is 12.3. The molecule has 0 saturated carbocycles. The monoisotopic (exact) mass is 355 g/mol. The number of halogens is 2. The fraction of sp³-hybridized carbons (Fsp3) is 0.0714. The van der Waals surface area contributed by atoms with Crippen LogP contribution in [0.15, 0.2) is 47.5 Å². The van der Waals surface area contributed by atoms with Crippen LogP contribution in [-0.2, 0) is 0 Å². The van der Waals surface area contributed by atoms with Crippen LogP contribution < -0.4 is 0 Å². The summed E-state index contributed by atoms with van der Waals surface area (Å²) < 4.78 is 1.19. The molecule has 1 nitrogen and oxygen atoms in total. The summed E-state index contributed by atoms with van der Waals surface area (Å²) in [4.78, 5) is 4.48. The highest BCUT2D eigenvalue weighted by molar-refractivity contribution is 14.1. The third-order valence-corrected chi connectivity index (χ3v) is 3.88. The summed E-state index contributed by atoms with van der Waals surface area (Å²) in [6.45, 7) is 1.98. The molecule has 17 heavy (non-hydrogen) atoms. The van der Waals surface area contributed by atoms with Gasteiger partial charge >= 0.3 is 0 Å². The molecule has 0 saturated heterocycles. The summed E-state index contributed by atoms with van der Waals surface area (Å²) >= 11 is 8.35. The lowest BCUT2D eigenvalue weighted by molar-refractivity contribution is 1.40. The van der Waals surface area contributed by atoms with Gasteiger partial charge in [0.05, 0.1) is 5.69 Å². The maximum atomic E-state index is 6.05. The molecule has 86 valence electrons. The Balaban J connectivity index is 2.33. The second kappa shape index (κ2) is 5.65. The first-order valence-electron chi connectivity index (χ1n) is 5.22. The van der Waals surface area contributed by atoms with Crippen molar-refractivity contribution in [3.8, 4) is 0 Å². The zero-order valence-electron chi connectivity index (χ0n) is 9.32. The first-order valence-corrected chi connectivity index (χ1v) is 6.68. The van der Waals surface area contributed by atoms with Gasteiger partial charge in [-0.25, -0.2) is 0 Å². The lowest BCUT2D eigenvalue weighted by atomic mass is 10.2. The largest absolute Gasteiger partial charge is 0.256 e. The van der Waals surface area contributed by atoms with Gasteiger partial charge in [-0.15, -0.1) is 0 Å². The molecule has 0 N–H and O–H groups in total. The topological polar surface area (TPSA) is 12.4 Å². The van der Waals surface area contributed by atoms with Gasteiger partial charge in [-0.3, -0.25) is 4.99 Å². The Kier molecular flexibility index (Phi) is 4.18. The van der Waals surface area contributed by atoms with Gasteiger partial charge in [-0.2, -0.15) is 0 Å². The number of rotatable bonds is 2. The Bertz CT molecular complexity index is 564. The molecule has 0 spiro atoms. The third kappa shape index (κ3) is 3.07. The van der Waals surface area contributed by atoms with E-state index in [0.29, 0.717) is 0 Å². The van der Waals surface area contributed by atoms with Crippen LogP contribution in [0.4, 0.5) is 5.69 Å². The molecule has 0 aromatic heterocycles. The van der Waals surface area contributed by atoms with Crippen molar-refractivity contribution in [1.82, 2.24) is 0 Å². The van der Waals surface area contributed by atoms with Crippen LogP contribution in [0, 0.1) is 10.5 Å². The van der Waals surface area contributed by atoms with Gasteiger partial charge in [0.1, 0.15) is 0 Å². The molecule has 0 fully saturated rings. The van der Waals surface area contributed by atoms with Crippen molar-refractivity contribution >= 4 is 46.1 Å². The minimum absolute atomic E-state index is 0.752. The normalized spacial score (nSPS) is 11.0. The second-order valence-electron chi connectivity index (χ2n) is 3.66. The molecule has 0 aliphatic rings. The smallest absolute Gasteiger partial charge is 0.0673 e. The summed E-state index contributed by atoms with van der Waals surface area (Å²) in [7, 11) is 0. The highest BCUT2D eigenvalue weighted by Gasteiger charge is 2.00. The molecule has 0 amide bonds.